The van der Waals surface area contributed by atoms with Gasteiger partial charge in [-0.05, 0) is 19.1 Å². The van der Waals surface area contributed by atoms with Gasteiger partial charge in [-0.15, -0.1) is 0 Å². The Hall–Kier alpha value is -2.10. The van der Waals surface area contributed by atoms with Crippen LogP contribution < -0.4 is 5.32 Å². The maximum Gasteiger partial charge on any atom is 0.131 e. The maximum absolute atomic E-state index is 4.45. The SMILES string of the molecule is CC1CN=C(c2cnn(-c3ccccc3)c2)N1. The lowest BCUT2D eigenvalue weighted by molar-refractivity contribution is 0.726. The second kappa shape index (κ2) is 4.05. The maximum atomic E-state index is 4.45. The van der Waals surface area contributed by atoms with E-state index in [4.69, 9.17) is 0 Å². The number of para-hydroxylation sites is 1. The number of amidine groups is 1. The number of rotatable bonds is 2. The lowest BCUT2D eigenvalue weighted by Gasteiger charge is -2.03. The van der Waals surface area contributed by atoms with Crippen molar-refractivity contribution < 1.29 is 0 Å². The van der Waals surface area contributed by atoms with Gasteiger partial charge in [0, 0.05) is 12.2 Å². The van der Waals surface area contributed by atoms with E-state index in [1.54, 1.807) is 0 Å². The first kappa shape index (κ1) is 10.1. The fourth-order valence-electron chi connectivity index (χ4n) is 1.89. The molecular weight excluding hydrogens is 212 g/mol. The molecular formula is C13H14N4. The van der Waals surface area contributed by atoms with Crippen LogP contribution in [-0.4, -0.2) is 28.2 Å². The molecule has 2 heterocycles. The lowest BCUT2D eigenvalue weighted by Crippen LogP contribution is -2.27. The van der Waals surface area contributed by atoms with Crippen molar-refractivity contribution in [2.24, 2.45) is 4.99 Å². The quantitative estimate of drug-likeness (QED) is 0.845. The molecule has 1 N–H and O–H groups in total. The summed E-state index contributed by atoms with van der Waals surface area (Å²) in [4.78, 5) is 4.45. The summed E-state index contributed by atoms with van der Waals surface area (Å²) in [6.07, 6.45) is 3.84. The van der Waals surface area contributed by atoms with Crippen LogP contribution in [0, 0.1) is 0 Å². The van der Waals surface area contributed by atoms with E-state index < -0.39 is 0 Å². The smallest absolute Gasteiger partial charge is 0.131 e. The van der Waals surface area contributed by atoms with E-state index in [1.165, 1.54) is 0 Å². The van der Waals surface area contributed by atoms with E-state index in [0.29, 0.717) is 6.04 Å². The zero-order valence-electron chi connectivity index (χ0n) is 9.67. The van der Waals surface area contributed by atoms with E-state index in [2.05, 4.69) is 22.3 Å². The number of hydrogen-bond acceptors (Lipinski definition) is 3. The van der Waals surface area contributed by atoms with Crippen LogP contribution in [0.15, 0.2) is 47.7 Å². The summed E-state index contributed by atoms with van der Waals surface area (Å²) in [5, 5.41) is 7.68. The van der Waals surface area contributed by atoms with Crippen LogP contribution in [0.3, 0.4) is 0 Å². The molecule has 1 aliphatic rings. The third-order valence-electron chi connectivity index (χ3n) is 2.78. The Morgan fingerprint density at radius 1 is 1.29 bits per heavy atom. The molecule has 1 aliphatic heterocycles. The van der Waals surface area contributed by atoms with Crippen LogP contribution in [0.25, 0.3) is 5.69 Å². The Bertz CT molecular complexity index is 542. The van der Waals surface area contributed by atoms with Crippen LogP contribution in [0.2, 0.25) is 0 Å². The van der Waals surface area contributed by atoms with Gasteiger partial charge in [-0.25, -0.2) is 4.68 Å². The number of nitrogens with zero attached hydrogens (tertiary/aromatic N) is 3. The van der Waals surface area contributed by atoms with Crippen LogP contribution in [0.1, 0.15) is 12.5 Å². The summed E-state index contributed by atoms with van der Waals surface area (Å²) >= 11 is 0. The van der Waals surface area contributed by atoms with Crippen molar-refractivity contribution in [3.63, 3.8) is 0 Å². The summed E-state index contributed by atoms with van der Waals surface area (Å²) in [5.41, 5.74) is 2.10. The molecule has 4 heteroatoms. The van der Waals surface area contributed by atoms with Crippen molar-refractivity contribution >= 4 is 5.84 Å². The highest BCUT2D eigenvalue weighted by Gasteiger charge is 2.15. The highest BCUT2D eigenvalue weighted by Crippen LogP contribution is 2.10. The standard InChI is InChI=1S/C13H14N4/c1-10-7-14-13(16-10)11-8-15-17(9-11)12-5-3-2-4-6-12/h2-6,8-10H,7H2,1H3,(H,14,16). The molecule has 0 saturated heterocycles. The first-order valence-electron chi connectivity index (χ1n) is 5.74. The van der Waals surface area contributed by atoms with Crippen LogP contribution in [0.4, 0.5) is 0 Å². The van der Waals surface area contributed by atoms with Gasteiger partial charge in [0.15, 0.2) is 0 Å². The number of nitrogens with one attached hydrogen (secondary N) is 1. The van der Waals surface area contributed by atoms with Gasteiger partial charge in [0.05, 0.1) is 24.0 Å². The van der Waals surface area contributed by atoms with Crippen molar-refractivity contribution in [1.82, 2.24) is 15.1 Å². The minimum atomic E-state index is 0.421. The molecule has 0 radical (unpaired) electrons. The molecule has 0 saturated carbocycles. The monoisotopic (exact) mass is 226 g/mol. The fourth-order valence-corrected chi connectivity index (χ4v) is 1.89. The highest BCUT2D eigenvalue weighted by atomic mass is 15.3. The fraction of sp³-hybridized carbons (Fsp3) is 0.231. The first-order chi connectivity index (χ1) is 8.33. The van der Waals surface area contributed by atoms with Crippen LogP contribution >= 0.6 is 0 Å². The minimum Gasteiger partial charge on any atom is -0.365 e. The summed E-state index contributed by atoms with van der Waals surface area (Å²) < 4.78 is 1.86. The van der Waals surface area contributed by atoms with Gasteiger partial charge in [-0.1, -0.05) is 18.2 Å². The van der Waals surface area contributed by atoms with Crippen LogP contribution in [-0.2, 0) is 0 Å². The number of hydrogen-bond donors (Lipinski definition) is 1. The van der Waals surface area contributed by atoms with Crippen LogP contribution in [0.5, 0.6) is 0 Å². The Balaban J connectivity index is 1.89. The molecule has 0 aliphatic carbocycles. The molecule has 1 aromatic heterocycles. The lowest BCUT2D eigenvalue weighted by atomic mass is 10.3. The zero-order chi connectivity index (χ0) is 11.7. The largest absolute Gasteiger partial charge is 0.365 e. The number of aromatic nitrogens is 2. The number of benzene rings is 1. The summed E-state index contributed by atoms with van der Waals surface area (Å²) in [6.45, 7) is 2.96. The molecule has 1 aromatic carbocycles. The third-order valence-corrected chi connectivity index (χ3v) is 2.78. The van der Waals surface area contributed by atoms with E-state index >= 15 is 0 Å². The molecule has 86 valence electrons. The van der Waals surface area contributed by atoms with Gasteiger partial charge in [0.1, 0.15) is 5.84 Å². The van der Waals surface area contributed by atoms with Crippen molar-refractivity contribution in [2.45, 2.75) is 13.0 Å². The average molecular weight is 226 g/mol. The predicted octanol–water partition coefficient (Wildman–Crippen LogP) is 1.61. The Kier molecular flexibility index (Phi) is 2.40. The summed E-state index contributed by atoms with van der Waals surface area (Å²) in [7, 11) is 0. The predicted molar refractivity (Wildman–Crippen MR) is 67.6 cm³/mol. The van der Waals surface area contributed by atoms with Crippen molar-refractivity contribution in [3.05, 3.63) is 48.3 Å². The zero-order valence-corrected chi connectivity index (χ0v) is 9.67. The van der Waals surface area contributed by atoms with Gasteiger partial charge in [0.2, 0.25) is 0 Å². The average Bonchev–Trinajstić information content (AvgIpc) is 2.98. The normalized spacial score (nSPS) is 18.9. The molecule has 17 heavy (non-hydrogen) atoms. The molecule has 1 unspecified atom stereocenters. The molecule has 3 rings (SSSR count). The second-order valence-corrected chi connectivity index (χ2v) is 4.24. The van der Waals surface area contributed by atoms with Crippen molar-refractivity contribution in [3.8, 4) is 5.69 Å². The minimum absolute atomic E-state index is 0.421. The molecule has 0 bridgehead atoms. The number of aliphatic imine (C=N–C) groups is 1. The Morgan fingerprint density at radius 3 is 2.82 bits per heavy atom. The van der Waals surface area contributed by atoms with E-state index in [1.807, 2.05) is 47.4 Å². The van der Waals surface area contributed by atoms with Gasteiger partial charge >= 0.3 is 0 Å². The second-order valence-electron chi connectivity index (χ2n) is 4.24. The molecule has 0 spiro atoms. The van der Waals surface area contributed by atoms with Crippen molar-refractivity contribution in [1.29, 1.82) is 0 Å². The molecule has 0 fully saturated rings. The Morgan fingerprint density at radius 2 is 2.12 bits per heavy atom. The van der Waals surface area contributed by atoms with Gasteiger partial charge in [-0.3, -0.25) is 4.99 Å². The Labute approximate surface area is 100.0 Å². The molecule has 2 aromatic rings. The molecule has 0 amide bonds. The molecule has 1 atom stereocenters. The van der Waals surface area contributed by atoms with Gasteiger partial charge in [0.25, 0.3) is 0 Å². The highest BCUT2D eigenvalue weighted by molar-refractivity contribution is 5.99. The van der Waals surface area contributed by atoms with E-state index in [0.717, 1.165) is 23.6 Å². The van der Waals surface area contributed by atoms with E-state index in [-0.39, 0.29) is 0 Å². The topological polar surface area (TPSA) is 42.2 Å². The van der Waals surface area contributed by atoms with E-state index in [9.17, 15) is 0 Å². The van der Waals surface area contributed by atoms with Crippen molar-refractivity contribution in [2.75, 3.05) is 6.54 Å². The van der Waals surface area contributed by atoms with Gasteiger partial charge < -0.3 is 5.32 Å². The van der Waals surface area contributed by atoms with Gasteiger partial charge in [-0.2, -0.15) is 5.10 Å². The summed E-state index contributed by atoms with van der Waals surface area (Å²) in [5.74, 6) is 0.944. The summed E-state index contributed by atoms with van der Waals surface area (Å²) in [6, 6.07) is 10.5. The molecule has 4 nitrogen and oxygen atoms in total. The third kappa shape index (κ3) is 1.93. The first-order valence-corrected chi connectivity index (χ1v) is 5.74.